The summed E-state index contributed by atoms with van der Waals surface area (Å²) < 4.78 is 17.1. The van der Waals surface area contributed by atoms with Crippen molar-refractivity contribution in [3.8, 4) is 17.2 Å². The lowest BCUT2D eigenvalue weighted by Crippen LogP contribution is -2.49. The number of hydrogen-bond donors (Lipinski definition) is 1. The molecule has 2 heterocycles. The minimum atomic E-state index is 0.0681. The van der Waals surface area contributed by atoms with Gasteiger partial charge in [0.2, 0.25) is 0 Å². The number of ether oxygens (including phenoxy) is 3. The van der Waals surface area contributed by atoms with Gasteiger partial charge in [-0.3, -0.25) is 0 Å². The van der Waals surface area contributed by atoms with Crippen molar-refractivity contribution in [1.82, 2.24) is 4.90 Å². The first kappa shape index (κ1) is 18.0. The van der Waals surface area contributed by atoms with Crippen LogP contribution in [0.4, 0.5) is 5.69 Å². The summed E-state index contributed by atoms with van der Waals surface area (Å²) in [5.74, 6) is 2.60. The lowest BCUT2D eigenvalue weighted by Gasteiger charge is -2.37. The summed E-state index contributed by atoms with van der Waals surface area (Å²) in [5, 5.41) is 3.72. The number of nitrogens with one attached hydrogen (secondary N) is 1. The van der Waals surface area contributed by atoms with Gasteiger partial charge in [-0.2, -0.15) is 0 Å². The number of anilines is 1. The lowest BCUT2D eigenvalue weighted by molar-refractivity contribution is 0.151. The van der Waals surface area contributed by atoms with Gasteiger partial charge in [-0.25, -0.2) is 0 Å². The minimum absolute atomic E-state index is 0.0681. The van der Waals surface area contributed by atoms with E-state index in [9.17, 15) is 0 Å². The first-order valence-corrected chi connectivity index (χ1v) is 9.71. The maximum Gasteiger partial charge on any atom is 0.124 e. The van der Waals surface area contributed by atoms with E-state index in [0.29, 0.717) is 0 Å². The zero-order valence-electron chi connectivity index (χ0n) is 16.1. The van der Waals surface area contributed by atoms with E-state index in [4.69, 9.17) is 14.2 Å². The molecule has 0 saturated carbocycles. The molecule has 0 spiro atoms. The first-order chi connectivity index (χ1) is 13.2. The van der Waals surface area contributed by atoms with Gasteiger partial charge in [0.05, 0.1) is 20.3 Å². The minimum Gasteiger partial charge on any atom is -0.497 e. The van der Waals surface area contributed by atoms with Crippen molar-refractivity contribution in [2.75, 3.05) is 39.2 Å². The summed E-state index contributed by atoms with van der Waals surface area (Å²) in [4.78, 5) is 2.54. The second-order valence-corrected chi connectivity index (χ2v) is 7.32. The van der Waals surface area contributed by atoms with Gasteiger partial charge in [0.15, 0.2) is 0 Å². The quantitative estimate of drug-likeness (QED) is 0.844. The summed E-state index contributed by atoms with van der Waals surface area (Å²) in [6.45, 7) is 3.37. The van der Waals surface area contributed by atoms with E-state index in [1.807, 2.05) is 30.3 Å². The summed E-state index contributed by atoms with van der Waals surface area (Å²) in [7, 11) is 3.39. The molecule has 144 valence electrons. The van der Waals surface area contributed by atoms with Crippen molar-refractivity contribution in [3.05, 3.63) is 48.0 Å². The molecule has 2 aliphatic heterocycles. The van der Waals surface area contributed by atoms with Gasteiger partial charge in [-0.15, -0.1) is 0 Å². The Balaban J connectivity index is 1.55. The van der Waals surface area contributed by atoms with Crippen LogP contribution in [0.1, 0.15) is 18.4 Å². The Morgan fingerprint density at radius 2 is 1.59 bits per heavy atom. The predicted molar refractivity (Wildman–Crippen MR) is 107 cm³/mol. The highest BCUT2D eigenvalue weighted by Gasteiger charge is 2.32. The largest absolute Gasteiger partial charge is 0.497 e. The number of nitrogens with zero attached hydrogens (tertiary/aromatic N) is 1. The molecule has 5 heteroatoms. The number of rotatable bonds is 6. The zero-order valence-corrected chi connectivity index (χ0v) is 16.1. The highest BCUT2D eigenvalue weighted by atomic mass is 16.5. The fraction of sp³-hybridized carbons (Fsp3) is 0.455. The molecule has 0 radical (unpaired) electrons. The van der Waals surface area contributed by atoms with Crippen molar-refractivity contribution >= 4 is 5.69 Å². The zero-order chi connectivity index (χ0) is 18.6. The highest BCUT2D eigenvalue weighted by molar-refractivity contribution is 5.57. The van der Waals surface area contributed by atoms with Crippen molar-refractivity contribution < 1.29 is 14.2 Å². The van der Waals surface area contributed by atoms with Crippen LogP contribution < -0.4 is 19.5 Å². The molecule has 27 heavy (non-hydrogen) atoms. The van der Waals surface area contributed by atoms with Crippen molar-refractivity contribution in [3.63, 3.8) is 0 Å². The molecule has 0 aromatic heterocycles. The lowest BCUT2D eigenvalue weighted by atomic mass is 9.94. The van der Waals surface area contributed by atoms with Crippen molar-refractivity contribution in [2.45, 2.75) is 31.4 Å². The molecule has 0 bridgehead atoms. The fourth-order valence-electron chi connectivity index (χ4n) is 4.02. The topological polar surface area (TPSA) is 43.0 Å². The summed E-state index contributed by atoms with van der Waals surface area (Å²) in [5.41, 5.74) is 2.43. The molecule has 0 unspecified atom stereocenters. The molecular formula is C22H28N2O3. The molecule has 0 aliphatic carbocycles. The molecule has 2 aromatic rings. The van der Waals surface area contributed by atoms with E-state index >= 15 is 0 Å². The van der Waals surface area contributed by atoms with Crippen LogP contribution in [0.2, 0.25) is 0 Å². The van der Waals surface area contributed by atoms with E-state index in [1.165, 1.54) is 37.2 Å². The number of benzene rings is 2. The fourth-order valence-corrected chi connectivity index (χ4v) is 4.02. The average Bonchev–Trinajstić information content (AvgIpc) is 3.21. The van der Waals surface area contributed by atoms with Gasteiger partial charge in [0, 0.05) is 18.7 Å². The Morgan fingerprint density at radius 1 is 0.926 bits per heavy atom. The van der Waals surface area contributed by atoms with Crippen LogP contribution in [-0.4, -0.2) is 50.9 Å². The van der Waals surface area contributed by atoms with Crippen LogP contribution in [0.15, 0.2) is 42.5 Å². The van der Waals surface area contributed by atoms with Crippen molar-refractivity contribution in [1.29, 1.82) is 0 Å². The van der Waals surface area contributed by atoms with E-state index < -0.39 is 0 Å². The third-order valence-electron chi connectivity index (χ3n) is 5.52. The molecule has 1 fully saturated rings. The predicted octanol–water partition coefficient (Wildman–Crippen LogP) is 3.58. The van der Waals surface area contributed by atoms with Gasteiger partial charge in [-0.05, 0) is 74.0 Å². The summed E-state index contributed by atoms with van der Waals surface area (Å²) in [6, 6.07) is 14.3. The molecule has 2 atom stereocenters. The first-order valence-electron chi connectivity index (χ1n) is 9.71. The van der Waals surface area contributed by atoms with Crippen LogP contribution in [0.25, 0.3) is 0 Å². The SMILES string of the molecule is COc1ccc(O[C@@H]2Cc3cc(OC)ccc3N[C@@H]2CN2CCCC2)cc1. The Hall–Kier alpha value is -2.40. The molecule has 1 saturated heterocycles. The second kappa shape index (κ2) is 8.09. The van der Waals surface area contributed by atoms with Gasteiger partial charge in [-0.1, -0.05) is 0 Å². The second-order valence-electron chi connectivity index (χ2n) is 7.32. The van der Waals surface area contributed by atoms with Crippen molar-refractivity contribution in [2.24, 2.45) is 0 Å². The number of likely N-dealkylation sites (tertiary alicyclic amines) is 1. The van der Waals surface area contributed by atoms with Gasteiger partial charge < -0.3 is 24.4 Å². The Morgan fingerprint density at radius 3 is 2.30 bits per heavy atom. The van der Waals surface area contributed by atoms with E-state index in [2.05, 4.69) is 22.3 Å². The molecule has 5 nitrogen and oxygen atoms in total. The molecule has 2 aromatic carbocycles. The van der Waals surface area contributed by atoms with Crippen LogP contribution in [-0.2, 0) is 6.42 Å². The maximum absolute atomic E-state index is 6.42. The molecular weight excluding hydrogens is 340 g/mol. The van der Waals surface area contributed by atoms with Crippen LogP contribution in [0.3, 0.4) is 0 Å². The summed E-state index contributed by atoms with van der Waals surface area (Å²) >= 11 is 0. The Labute approximate surface area is 161 Å². The Bertz CT molecular complexity index is 757. The molecule has 4 rings (SSSR count). The van der Waals surface area contributed by atoms with E-state index in [1.54, 1.807) is 14.2 Å². The van der Waals surface area contributed by atoms with Gasteiger partial charge >= 0.3 is 0 Å². The van der Waals surface area contributed by atoms with E-state index in [0.717, 1.165) is 30.2 Å². The number of methoxy groups -OCH3 is 2. The molecule has 1 N–H and O–H groups in total. The van der Waals surface area contributed by atoms with Gasteiger partial charge in [0.25, 0.3) is 0 Å². The van der Waals surface area contributed by atoms with Crippen LogP contribution in [0, 0.1) is 0 Å². The number of fused-ring (bicyclic) bond motifs is 1. The third-order valence-corrected chi connectivity index (χ3v) is 5.52. The highest BCUT2D eigenvalue weighted by Crippen LogP contribution is 2.31. The van der Waals surface area contributed by atoms with E-state index in [-0.39, 0.29) is 12.1 Å². The number of hydrogen-bond acceptors (Lipinski definition) is 5. The monoisotopic (exact) mass is 368 g/mol. The third kappa shape index (κ3) is 4.14. The average molecular weight is 368 g/mol. The van der Waals surface area contributed by atoms with Gasteiger partial charge in [0.1, 0.15) is 23.4 Å². The normalized spacial score (nSPS) is 22.0. The molecule has 2 aliphatic rings. The molecule has 0 amide bonds. The van der Waals surface area contributed by atoms with Crippen LogP contribution >= 0.6 is 0 Å². The van der Waals surface area contributed by atoms with Crippen LogP contribution in [0.5, 0.6) is 17.2 Å². The standard InChI is InChI=1S/C22H28N2O3/c1-25-17-5-7-18(8-6-17)27-22-14-16-13-19(26-2)9-10-20(16)23-21(22)15-24-11-3-4-12-24/h5-10,13,21-23H,3-4,11-12,14-15H2,1-2H3/t21-,22-/m1/s1. The summed E-state index contributed by atoms with van der Waals surface area (Å²) in [6.07, 6.45) is 3.53. The Kier molecular flexibility index (Phi) is 5.39. The maximum atomic E-state index is 6.42. The smallest absolute Gasteiger partial charge is 0.124 e.